The maximum Gasteiger partial charge on any atom is 0.405 e. The van der Waals surface area contributed by atoms with Crippen LogP contribution in [0.4, 0.5) is 24.8 Å². The highest BCUT2D eigenvalue weighted by Crippen LogP contribution is 2.29. The van der Waals surface area contributed by atoms with E-state index in [-0.39, 0.29) is 23.0 Å². The van der Waals surface area contributed by atoms with E-state index in [2.05, 4.69) is 20.7 Å². The number of nitrogens with one attached hydrogen (secondary N) is 3. The summed E-state index contributed by atoms with van der Waals surface area (Å²) in [5.41, 5.74) is 2.53. The lowest BCUT2D eigenvalue weighted by Crippen LogP contribution is -2.40. The molecule has 0 fully saturated rings. The number of ether oxygens (including phenoxy) is 1. The molecule has 0 spiro atoms. The van der Waals surface area contributed by atoms with Gasteiger partial charge in [-0.1, -0.05) is 12.1 Å². The lowest BCUT2D eigenvalue weighted by molar-refractivity contribution is -0.123. The zero-order chi connectivity index (χ0) is 28.4. The SMILES string of the molecule is COc1cc(C(=O)NC(C)(C)C)ccc1Nc1nc2ccc(-c3cccc(C(=O)NCC(F)(F)F)c3)cn2n1. The fourth-order valence-corrected chi connectivity index (χ4v) is 3.70. The molecular weight excluding hydrogens is 513 g/mol. The molecule has 0 saturated carbocycles. The van der Waals surface area contributed by atoms with E-state index in [9.17, 15) is 22.8 Å². The van der Waals surface area contributed by atoms with Crippen molar-refractivity contribution >= 4 is 29.1 Å². The molecule has 0 radical (unpaired) electrons. The number of methoxy groups -OCH3 is 1. The fraction of sp³-hybridized carbons (Fsp3) is 0.259. The van der Waals surface area contributed by atoms with Gasteiger partial charge in [0.2, 0.25) is 5.95 Å². The molecule has 0 unspecified atom stereocenters. The minimum Gasteiger partial charge on any atom is -0.495 e. The number of pyridine rings is 1. The highest BCUT2D eigenvalue weighted by atomic mass is 19.4. The average Bonchev–Trinajstić information content (AvgIpc) is 3.27. The summed E-state index contributed by atoms with van der Waals surface area (Å²) in [6.45, 7) is 4.27. The van der Waals surface area contributed by atoms with Crippen LogP contribution in [0.2, 0.25) is 0 Å². The summed E-state index contributed by atoms with van der Waals surface area (Å²) in [7, 11) is 1.49. The number of carbonyl (C=O) groups excluding carboxylic acids is 2. The molecule has 0 aliphatic rings. The van der Waals surface area contributed by atoms with E-state index in [1.54, 1.807) is 48.7 Å². The number of hydrogen-bond acceptors (Lipinski definition) is 6. The number of alkyl halides is 3. The Bertz CT molecular complexity index is 1530. The van der Waals surface area contributed by atoms with Crippen LogP contribution in [0, 0.1) is 0 Å². The molecule has 2 aromatic carbocycles. The van der Waals surface area contributed by atoms with E-state index in [4.69, 9.17) is 4.74 Å². The largest absolute Gasteiger partial charge is 0.495 e. The van der Waals surface area contributed by atoms with Crippen LogP contribution in [-0.4, -0.2) is 51.8 Å². The quantitative estimate of drug-likeness (QED) is 0.306. The lowest BCUT2D eigenvalue weighted by Gasteiger charge is -2.21. The maximum atomic E-state index is 12.5. The topological polar surface area (TPSA) is 110 Å². The Morgan fingerprint density at radius 2 is 1.69 bits per heavy atom. The zero-order valence-electron chi connectivity index (χ0n) is 21.7. The third-order valence-electron chi connectivity index (χ3n) is 5.44. The molecule has 0 aliphatic heterocycles. The molecule has 4 rings (SSSR count). The second-order valence-electron chi connectivity index (χ2n) is 9.78. The summed E-state index contributed by atoms with van der Waals surface area (Å²) >= 11 is 0. The van der Waals surface area contributed by atoms with E-state index in [1.165, 1.54) is 23.8 Å². The van der Waals surface area contributed by atoms with Crippen LogP contribution in [0.3, 0.4) is 0 Å². The van der Waals surface area contributed by atoms with E-state index in [1.807, 2.05) is 26.1 Å². The molecule has 2 amide bonds. The number of halogens is 3. The first-order chi connectivity index (χ1) is 18.3. The van der Waals surface area contributed by atoms with Crippen LogP contribution in [0.1, 0.15) is 41.5 Å². The van der Waals surface area contributed by atoms with Gasteiger partial charge in [-0.05, 0) is 68.8 Å². The van der Waals surface area contributed by atoms with Gasteiger partial charge in [0, 0.05) is 28.4 Å². The number of benzene rings is 2. The Hall–Kier alpha value is -4.61. The van der Waals surface area contributed by atoms with Crippen molar-refractivity contribution in [3.63, 3.8) is 0 Å². The van der Waals surface area contributed by atoms with Gasteiger partial charge in [-0.15, -0.1) is 5.10 Å². The standard InChI is InChI=1S/C27H27F3N6O3/c1-26(2,3)34-24(38)18-8-10-20(21(13-18)39-4)32-25-33-22-11-9-19(14-36(22)35-25)16-6-5-7-17(12-16)23(37)31-15-27(28,29)30/h5-14H,15H2,1-4H3,(H,31,37)(H,32,35)(H,34,38). The first-order valence-electron chi connectivity index (χ1n) is 11.9. The summed E-state index contributed by atoms with van der Waals surface area (Å²) < 4.78 is 44.3. The molecule has 39 heavy (non-hydrogen) atoms. The van der Waals surface area contributed by atoms with Gasteiger partial charge >= 0.3 is 6.18 Å². The van der Waals surface area contributed by atoms with E-state index < -0.39 is 18.6 Å². The smallest absolute Gasteiger partial charge is 0.405 e. The van der Waals surface area contributed by atoms with Crippen LogP contribution in [0.5, 0.6) is 5.75 Å². The van der Waals surface area contributed by atoms with E-state index in [0.29, 0.717) is 33.8 Å². The normalized spacial score (nSPS) is 11.8. The summed E-state index contributed by atoms with van der Waals surface area (Å²) in [6.07, 6.45) is -2.80. The van der Waals surface area contributed by atoms with Crippen molar-refractivity contribution in [3.8, 4) is 16.9 Å². The van der Waals surface area contributed by atoms with Crippen LogP contribution in [0.25, 0.3) is 16.8 Å². The van der Waals surface area contributed by atoms with E-state index >= 15 is 0 Å². The molecule has 2 heterocycles. The zero-order valence-corrected chi connectivity index (χ0v) is 21.7. The predicted octanol–water partition coefficient (Wildman–Crippen LogP) is 4.97. The molecule has 0 aliphatic carbocycles. The van der Waals surface area contributed by atoms with Crippen LogP contribution < -0.4 is 20.7 Å². The van der Waals surface area contributed by atoms with Gasteiger partial charge in [-0.2, -0.15) is 18.2 Å². The molecule has 204 valence electrons. The molecule has 3 N–H and O–H groups in total. The van der Waals surface area contributed by atoms with Gasteiger partial charge in [-0.3, -0.25) is 9.59 Å². The Kier molecular flexibility index (Phi) is 7.48. The predicted molar refractivity (Wildman–Crippen MR) is 140 cm³/mol. The third-order valence-corrected chi connectivity index (χ3v) is 5.44. The van der Waals surface area contributed by atoms with Crippen molar-refractivity contribution in [2.75, 3.05) is 19.0 Å². The molecule has 12 heteroatoms. The Morgan fingerprint density at radius 3 is 2.38 bits per heavy atom. The second-order valence-corrected chi connectivity index (χ2v) is 9.78. The van der Waals surface area contributed by atoms with Crippen LogP contribution >= 0.6 is 0 Å². The molecule has 0 atom stereocenters. The van der Waals surface area contributed by atoms with E-state index in [0.717, 1.165) is 0 Å². The third kappa shape index (κ3) is 7.03. The molecule has 2 aromatic heterocycles. The summed E-state index contributed by atoms with van der Waals surface area (Å²) in [4.78, 5) is 29.1. The Labute approximate surface area is 222 Å². The number of hydrogen-bond donors (Lipinski definition) is 3. The van der Waals surface area contributed by atoms with Crippen molar-refractivity contribution in [1.82, 2.24) is 25.2 Å². The summed E-state index contributed by atoms with van der Waals surface area (Å²) in [5, 5.41) is 12.3. The van der Waals surface area contributed by atoms with Gasteiger partial charge in [0.05, 0.1) is 12.8 Å². The summed E-state index contributed by atoms with van der Waals surface area (Å²) in [5.74, 6) is -0.347. The number of anilines is 2. The van der Waals surface area contributed by atoms with Crippen molar-refractivity contribution in [3.05, 3.63) is 71.9 Å². The van der Waals surface area contributed by atoms with Crippen molar-refractivity contribution in [2.45, 2.75) is 32.5 Å². The fourth-order valence-electron chi connectivity index (χ4n) is 3.70. The number of carbonyl (C=O) groups is 2. The monoisotopic (exact) mass is 540 g/mol. The minimum atomic E-state index is -4.50. The minimum absolute atomic E-state index is 0.101. The van der Waals surface area contributed by atoms with Gasteiger partial charge in [0.25, 0.3) is 11.8 Å². The maximum absolute atomic E-state index is 12.5. The van der Waals surface area contributed by atoms with Gasteiger partial charge in [-0.25, -0.2) is 4.52 Å². The Balaban J connectivity index is 1.54. The molecule has 9 nitrogen and oxygen atoms in total. The first-order valence-corrected chi connectivity index (χ1v) is 11.9. The van der Waals surface area contributed by atoms with Crippen molar-refractivity contribution in [2.24, 2.45) is 0 Å². The van der Waals surface area contributed by atoms with Gasteiger partial charge in [0.15, 0.2) is 5.65 Å². The molecule has 0 saturated heterocycles. The molecular formula is C27H27F3N6O3. The summed E-state index contributed by atoms with van der Waals surface area (Å²) in [6, 6.07) is 14.7. The lowest BCUT2D eigenvalue weighted by atomic mass is 10.0. The number of fused-ring (bicyclic) bond motifs is 1. The first kappa shape index (κ1) is 27.4. The average molecular weight is 541 g/mol. The molecule has 0 bridgehead atoms. The Morgan fingerprint density at radius 1 is 0.949 bits per heavy atom. The number of nitrogens with zero attached hydrogens (tertiary/aromatic N) is 3. The van der Waals surface area contributed by atoms with Gasteiger partial charge < -0.3 is 20.7 Å². The highest BCUT2D eigenvalue weighted by molar-refractivity contribution is 5.96. The molecule has 4 aromatic rings. The number of rotatable bonds is 7. The second kappa shape index (κ2) is 10.6. The van der Waals surface area contributed by atoms with Crippen LogP contribution in [-0.2, 0) is 0 Å². The number of amides is 2. The number of aromatic nitrogens is 3. The van der Waals surface area contributed by atoms with Crippen LogP contribution in [0.15, 0.2) is 60.8 Å². The van der Waals surface area contributed by atoms with Crippen molar-refractivity contribution < 1.29 is 27.5 Å². The van der Waals surface area contributed by atoms with Crippen molar-refractivity contribution in [1.29, 1.82) is 0 Å². The highest BCUT2D eigenvalue weighted by Gasteiger charge is 2.28. The van der Waals surface area contributed by atoms with Gasteiger partial charge in [0.1, 0.15) is 12.3 Å².